The molecule has 0 aromatic heterocycles. The molecule has 0 bridgehead atoms. The van der Waals surface area contributed by atoms with Crippen molar-refractivity contribution in [2.45, 2.75) is 11.3 Å². The third-order valence-electron chi connectivity index (χ3n) is 2.64. The van der Waals surface area contributed by atoms with Crippen LogP contribution in [0, 0.1) is 0 Å². The predicted octanol–water partition coefficient (Wildman–Crippen LogP) is 3.07. The van der Waals surface area contributed by atoms with E-state index >= 15 is 0 Å². The second kappa shape index (κ2) is 4.04. The molecule has 2 nitrogen and oxygen atoms in total. The summed E-state index contributed by atoms with van der Waals surface area (Å²) >= 11 is 12.5. The third kappa shape index (κ3) is 2.04. The third-order valence-corrected chi connectivity index (χ3v) is 3.47. The normalized spacial score (nSPS) is 24.9. The van der Waals surface area contributed by atoms with Crippen LogP contribution in [0.2, 0.25) is 0 Å². The molecule has 2 rings (SSSR count). The van der Waals surface area contributed by atoms with Gasteiger partial charge in [0.1, 0.15) is 0 Å². The van der Waals surface area contributed by atoms with E-state index in [9.17, 15) is 0 Å². The van der Waals surface area contributed by atoms with Gasteiger partial charge in [0, 0.05) is 22.8 Å². The molecule has 1 aliphatic carbocycles. The van der Waals surface area contributed by atoms with E-state index < -0.39 is 4.87 Å². The molecule has 84 valence electrons. The lowest BCUT2D eigenvalue weighted by molar-refractivity contribution is 0.746. The highest BCUT2D eigenvalue weighted by molar-refractivity contribution is 6.32. The average Bonchev–Trinajstić information content (AvgIpc) is 2.25. The number of anilines is 1. The van der Waals surface area contributed by atoms with E-state index in [1.807, 2.05) is 30.3 Å². The van der Waals surface area contributed by atoms with Gasteiger partial charge in [0.25, 0.3) is 0 Å². The molecule has 1 aromatic carbocycles. The molecule has 0 radical (unpaired) electrons. The van der Waals surface area contributed by atoms with Crippen molar-refractivity contribution in [2.75, 3.05) is 5.73 Å². The van der Waals surface area contributed by atoms with Crippen molar-refractivity contribution in [1.82, 2.24) is 0 Å². The van der Waals surface area contributed by atoms with Crippen molar-refractivity contribution in [1.29, 1.82) is 0 Å². The van der Waals surface area contributed by atoms with Gasteiger partial charge in [0.05, 0.1) is 4.87 Å². The van der Waals surface area contributed by atoms with Crippen LogP contribution in [0.5, 0.6) is 0 Å². The fourth-order valence-electron chi connectivity index (χ4n) is 1.66. The minimum absolute atomic E-state index is 0.502. The summed E-state index contributed by atoms with van der Waals surface area (Å²) in [6.45, 7) is 0. The van der Waals surface area contributed by atoms with E-state index in [-0.39, 0.29) is 0 Å². The standard InChI is InChI=1S/C12H12Cl2N2/c13-10-7-12(14,6-5-11(10)16)8-1-3-9(15)4-2-8/h1-6H,7,15-16H2. The van der Waals surface area contributed by atoms with Crippen LogP contribution in [0.4, 0.5) is 5.69 Å². The molecule has 16 heavy (non-hydrogen) atoms. The summed E-state index contributed by atoms with van der Waals surface area (Å²) in [7, 11) is 0. The van der Waals surface area contributed by atoms with E-state index in [0.717, 1.165) is 5.56 Å². The Hall–Kier alpha value is -1.12. The highest BCUT2D eigenvalue weighted by Gasteiger charge is 2.30. The monoisotopic (exact) mass is 254 g/mol. The zero-order valence-electron chi connectivity index (χ0n) is 8.58. The molecule has 4 heteroatoms. The summed E-state index contributed by atoms with van der Waals surface area (Å²) < 4.78 is 0. The second-order valence-electron chi connectivity index (χ2n) is 3.85. The largest absolute Gasteiger partial charge is 0.399 e. The molecule has 0 saturated carbocycles. The highest BCUT2D eigenvalue weighted by atomic mass is 35.5. The van der Waals surface area contributed by atoms with Crippen LogP contribution in [-0.4, -0.2) is 0 Å². The van der Waals surface area contributed by atoms with Crippen LogP contribution < -0.4 is 11.5 Å². The van der Waals surface area contributed by atoms with E-state index in [1.54, 1.807) is 6.08 Å². The lowest BCUT2D eigenvalue weighted by Gasteiger charge is -2.27. The van der Waals surface area contributed by atoms with Gasteiger partial charge in [-0.1, -0.05) is 29.8 Å². The molecule has 0 spiro atoms. The Morgan fingerprint density at radius 1 is 1.12 bits per heavy atom. The summed E-state index contributed by atoms with van der Waals surface area (Å²) in [6, 6.07) is 7.45. The van der Waals surface area contributed by atoms with E-state index in [2.05, 4.69) is 0 Å². The first-order chi connectivity index (χ1) is 7.51. The molecule has 0 aliphatic heterocycles. The molecular formula is C12H12Cl2N2. The van der Waals surface area contributed by atoms with E-state index in [1.165, 1.54) is 0 Å². The van der Waals surface area contributed by atoms with Crippen molar-refractivity contribution in [3.8, 4) is 0 Å². The molecule has 0 fully saturated rings. The summed E-state index contributed by atoms with van der Waals surface area (Å²) in [5.74, 6) is 0. The van der Waals surface area contributed by atoms with Crippen LogP contribution in [0.15, 0.2) is 47.1 Å². The Labute approximate surface area is 105 Å². The molecule has 0 amide bonds. The number of halogens is 2. The molecule has 4 N–H and O–H groups in total. The number of rotatable bonds is 1. The van der Waals surface area contributed by atoms with E-state index in [0.29, 0.717) is 22.8 Å². The first-order valence-corrected chi connectivity index (χ1v) is 5.65. The first-order valence-electron chi connectivity index (χ1n) is 4.89. The maximum Gasteiger partial charge on any atom is 0.0928 e. The minimum Gasteiger partial charge on any atom is -0.399 e. The maximum atomic E-state index is 6.51. The van der Waals surface area contributed by atoms with Gasteiger partial charge in [-0.2, -0.15) is 0 Å². The fraction of sp³-hybridized carbons (Fsp3) is 0.167. The van der Waals surface area contributed by atoms with Gasteiger partial charge in [-0.15, -0.1) is 11.6 Å². The topological polar surface area (TPSA) is 52.0 Å². The van der Waals surface area contributed by atoms with Gasteiger partial charge in [-0.05, 0) is 23.8 Å². The van der Waals surface area contributed by atoms with E-state index in [4.69, 9.17) is 34.7 Å². The number of nitrogen functional groups attached to an aromatic ring is 1. The molecule has 1 unspecified atom stereocenters. The lowest BCUT2D eigenvalue weighted by Crippen LogP contribution is -2.20. The minimum atomic E-state index is -0.617. The number of hydrogen-bond donors (Lipinski definition) is 2. The lowest BCUT2D eigenvalue weighted by atomic mass is 9.90. The number of allylic oxidation sites excluding steroid dienone is 3. The molecule has 0 heterocycles. The molecular weight excluding hydrogens is 243 g/mol. The Morgan fingerprint density at radius 3 is 2.31 bits per heavy atom. The summed E-state index contributed by atoms with van der Waals surface area (Å²) in [5, 5.41) is 0.592. The second-order valence-corrected chi connectivity index (χ2v) is 4.99. The smallest absolute Gasteiger partial charge is 0.0928 e. The molecule has 1 atom stereocenters. The number of benzene rings is 1. The van der Waals surface area contributed by atoms with Crippen LogP contribution in [-0.2, 0) is 4.87 Å². The van der Waals surface area contributed by atoms with Gasteiger partial charge in [-0.3, -0.25) is 0 Å². The van der Waals surface area contributed by atoms with Gasteiger partial charge >= 0.3 is 0 Å². The Bertz CT molecular complexity index is 462. The van der Waals surface area contributed by atoms with Gasteiger partial charge in [0.15, 0.2) is 0 Å². The maximum absolute atomic E-state index is 6.51. The van der Waals surface area contributed by atoms with Gasteiger partial charge in [0.2, 0.25) is 0 Å². The molecule has 1 aliphatic rings. The van der Waals surface area contributed by atoms with Crippen LogP contribution in [0.3, 0.4) is 0 Å². The number of alkyl halides is 1. The van der Waals surface area contributed by atoms with Gasteiger partial charge in [-0.25, -0.2) is 0 Å². The van der Waals surface area contributed by atoms with Crippen molar-refractivity contribution < 1.29 is 0 Å². The van der Waals surface area contributed by atoms with Crippen LogP contribution in [0.25, 0.3) is 0 Å². The highest BCUT2D eigenvalue weighted by Crippen LogP contribution is 2.41. The summed E-state index contributed by atoms with van der Waals surface area (Å²) in [6.07, 6.45) is 4.11. The number of nitrogens with two attached hydrogens (primary N) is 2. The van der Waals surface area contributed by atoms with Crippen molar-refractivity contribution in [2.24, 2.45) is 5.73 Å². The predicted molar refractivity (Wildman–Crippen MR) is 69.2 cm³/mol. The van der Waals surface area contributed by atoms with Crippen molar-refractivity contribution >= 4 is 28.9 Å². The molecule has 0 saturated heterocycles. The van der Waals surface area contributed by atoms with Gasteiger partial charge < -0.3 is 11.5 Å². The van der Waals surface area contributed by atoms with Crippen LogP contribution >= 0.6 is 23.2 Å². The average molecular weight is 255 g/mol. The van der Waals surface area contributed by atoms with Crippen LogP contribution in [0.1, 0.15) is 12.0 Å². The van der Waals surface area contributed by atoms with Crippen molar-refractivity contribution in [3.05, 3.63) is 52.7 Å². The quantitative estimate of drug-likeness (QED) is 0.598. The SMILES string of the molecule is NC1=C(Cl)CC(Cl)(c2ccc(N)cc2)C=C1. The first kappa shape index (κ1) is 11.4. The number of hydrogen-bond acceptors (Lipinski definition) is 2. The summed E-state index contributed by atoms with van der Waals surface area (Å²) in [4.78, 5) is -0.617. The Balaban J connectivity index is 2.35. The zero-order chi connectivity index (χ0) is 11.8. The van der Waals surface area contributed by atoms with Crippen molar-refractivity contribution in [3.63, 3.8) is 0 Å². The summed E-state index contributed by atoms with van der Waals surface area (Å²) in [5.41, 5.74) is 13.6. The molecule has 1 aromatic rings. The Kier molecular flexibility index (Phi) is 2.87. The Morgan fingerprint density at radius 2 is 1.75 bits per heavy atom. The fourth-order valence-corrected chi connectivity index (χ4v) is 2.32. The zero-order valence-corrected chi connectivity index (χ0v) is 10.1.